The zero-order chi connectivity index (χ0) is 18.9. The van der Waals surface area contributed by atoms with Crippen LogP contribution in [0.15, 0.2) is 23.2 Å². The lowest BCUT2D eigenvalue weighted by Gasteiger charge is -2.30. The summed E-state index contributed by atoms with van der Waals surface area (Å²) in [6.07, 6.45) is 0.0858. The number of hydrogen-bond donors (Lipinski definition) is 2. The molecular weight excluding hydrogens is 318 g/mol. The van der Waals surface area contributed by atoms with Gasteiger partial charge in [0.15, 0.2) is 17.5 Å². The maximum Gasteiger partial charge on any atom is 0.191 e. The Kier molecular flexibility index (Phi) is 8.55. The van der Waals surface area contributed by atoms with Gasteiger partial charge >= 0.3 is 0 Å². The molecule has 0 amide bonds. The van der Waals surface area contributed by atoms with Gasteiger partial charge in [-0.3, -0.25) is 0 Å². The second-order valence-corrected chi connectivity index (χ2v) is 6.82. The predicted octanol–water partition coefficient (Wildman–Crippen LogP) is 2.82. The SMILES string of the molecule is CCNC(=NCc1cccc(OC)c1OC)NCC(OC)C(C)(C)C. The fourth-order valence-corrected chi connectivity index (χ4v) is 2.52. The molecule has 0 radical (unpaired) electrons. The van der Waals surface area contributed by atoms with Crippen LogP contribution < -0.4 is 20.1 Å². The summed E-state index contributed by atoms with van der Waals surface area (Å²) in [5.74, 6) is 2.17. The van der Waals surface area contributed by atoms with Crippen molar-refractivity contribution in [2.24, 2.45) is 10.4 Å². The Balaban J connectivity index is 2.86. The molecule has 1 aromatic rings. The van der Waals surface area contributed by atoms with Crippen LogP contribution in [0.5, 0.6) is 11.5 Å². The fourth-order valence-electron chi connectivity index (χ4n) is 2.52. The maximum absolute atomic E-state index is 5.59. The number of rotatable bonds is 8. The van der Waals surface area contributed by atoms with Gasteiger partial charge in [0.25, 0.3) is 0 Å². The summed E-state index contributed by atoms with van der Waals surface area (Å²) in [4.78, 5) is 4.66. The summed E-state index contributed by atoms with van der Waals surface area (Å²) in [6.45, 7) is 10.5. The first-order chi connectivity index (χ1) is 11.9. The molecule has 0 aromatic heterocycles. The molecule has 0 aliphatic heterocycles. The number of para-hydroxylation sites is 1. The first kappa shape index (κ1) is 21.1. The molecule has 0 spiro atoms. The monoisotopic (exact) mass is 351 g/mol. The van der Waals surface area contributed by atoms with Crippen LogP contribution in [0.4, 0.5) is 0 Å². The van der Waals surface area contributed by atoms with E-state index in [0.29, 0.717) is 24.6 Å². The van der Waals surface area contributed by atoms with E-state index >= 15 is 0 Å². The van der Waals surface area contributed by atoms with Crippen LogP contribution >= 0.6 is 0 Å². The van der Waals surface area contributed by atoms with Crippen molar-refractivity contribution in [3.8, 4) is 11.5 Å². The van der Waals surface area contributed by atoms with Crippen molar-refractivity contribution < 1.29 is 14.2 Å². The van der Waals surface area contributed by atoms with Gasteiger partial charge in [-0.1, -0.05) is 32.9 Å². The van der Waals surface area contributed by atoms with Crippen molar-refractivity contribution in [3.05, 3.63) is 23.8 Å². The van der Waals surface area contributed by atoms with Crippen LogP contribution in [0.2, 0.25) is 0 Å². The molecule has 0 bridgehead atoms. The molecule has 1 aromatic carbocycles. The van der Waals surface area contributed by atoms with E-state index in [0.717, 1.165) is 18.1 Å². The Labute approximate surface area is 152 Å². The van der Waals surface area contributed by atoms with Gasteiger partial charge in [0.05, 0.1) is 26.9 Å². The Morgan fingerprint density at radius 2 is 1.84 bits per heavy atom. The molecule has 2 N–H and O–H groups in total. The van der Waals surface area contributed by atoms with Gasteiger partial charge in [0.2, 0.25) is 0 Å². The molecule has 25 heavy (non-hydrogen) atoms. The van der Waals surface area contributed by atoms with Crippen LogP contribution in [0.1, 0.15) is 33.3 Å². The van der Waals surface area contributed by atoms with E-state index in [1.807, 2.05) is 25.1 Å². The largest absolute Gasteiger partial charge is 0.493 e. The minimum absolute atomic E-state index is 0.0507. The smallest absolute Gasteiger partial charge is 0.191 e. The maximum atomic E-state index is 5.59. The van der Waals surface area contributed by atoms with Crippen LogP contribution in [-0.4, -0.2) is 46.5 Å². The normalized spacial score (nSPS) is 13.3. The minimum atomic E-state index is 0.0507. The molecule has 1 atom stereocenters. The quantitative estimate of drug-likeness (QED) is 0.557. The van der Waals surface area contributed by atoms with Crippen molar-refractivity contribution in [1.82, 2.24) is 10.6 Å². The Morgan fingerprint density at radius 3 is 2.36 bits per heavy atom. The Hall–Kier alpha value is -1.95. The molecule has 0 aliphatic rings. The standard InChI is InChI=1S/C19H33N3O3/c1-8-20-18(22-13-16(24-6)19(2,3)4)21-12-14-10-9-11-15(23-5)17(14)25-7/h9-11,16H,8,12-13H2,1-7H3,(H2,20,21,22). The highest BCUT2D eigenvalue weighted by Gasteiger charge is 2.24. The number of ether oxygens (including phenoxy) is 3. The lowest BCUT2D eigenvalue weighted by Crippen LogP contribution is -2.45. The van der Waals surface area contributed by atoms with Gasteiger partial charge < -0.3 is 24.8 Å². The molecule has 6 heteroatoms. The van der Waals surface area contributed by atoms with Gasteiger partial charge in [-0.15, -0.1) is 0 Å². The first-order valence-corrected chi connectivity index (χ1v) is 8.62. The van der Waals surface area contributed by atoms with E-state index < -0.39 is 0 Å². The first-order valence-electron chi connectivity index (χ1n) is 8.62. The van der Waals surface area contributed by atoms with Crippen LogP contribution in [0.3, 0.4) is 0 Å². The predicted molar refractivity (Wildman–Crippen MR) is 103 cm³/mol. The zero-order valence-electron chi connectivity index (χ0n) is 16.6. The Bertz CT molecular complexity index is 553. The molecule has 0 saturated heterocycles. The van der Waals surface area contributed by atoms with Crippen molar-refractivity contribution in [2.45, 2.75) is 40.3 Å². The summed E-state index contributed by atoms with van der Waals surface area (Å²) >= 11 is 0. The molecule has 1 rings (SSSR count). The Morgan fingerprint density at radius 1 is 1.12 bits per heavy atom. The van der Waals surface area contributed by atoms with Gasteiger partial charge in [-0.05, 0) is 18.4 Å². The summed E-state index contributed by atoms with van der Waals surface area (Å²) in [5.41, 5.74) is 1.02. The van der Waals surface area contributed by atoms with Crippen LogP contribution in [0.25, 0.3) is 0 Å². The van der Waals surface area contributed by atoms with Crippen molar-refractivity contribution in [1.29, 1.82) is 0 Å². The number of methoxy groups -OCH3 is 3. The molecule has 1 unspecified atom stereocenters. The molecule has 6 nitrogen and oxygen atoms in total. The average Bonchev–Trinajstić information content (AvgIpc) is 2.58. The third-order valence-corrected chi connectivity index (χ3v) is 3.94. The summed E-state index contributed by atoms with van der Waals surface area (Å²) in [5, 5.41) is 6.62. The number of nitrogens with one attached hydrogen (secondary N) is 2. The third-order valence-electron chi connectivity index (χ3n) is 3.94. The third kappa shape index (κ3) is 6.46. The average molecular weight is 351 g/mol. The van der Waals surface area contributed by atoms with E-state index in [1.165, 1.54) is 0 Å². The molecule has 0 aliphatic carbocycles. The molecule has 0 fully saturated rings. The van der Waals surface area contributed by atoms with Crippen LogP contribution in [0, 0.1) is 5.41 Å². The molecular formula is C19H33N3O3. The van der Waals surface area contributed by atoms with E-state index in [1.54, 1.807) is 21.3 Å². The van der Waals surface area contributed by atoms with E-state index in [2.05, 4.69) is 36.4 Å². The summed E-state index contributed by atoms with van der Waals surface area (Å²) < 4.78 is 16.4. The molecule has 142 valence electrons. The molecule has 0 saturated carbocycles. The fraction of sp³-hybridized carbons (Fsp3) is 0.632. The second-order valence-electron chi connectivity index (χ2n) is 6.82. The lowest BCUT2D eigenvalue weighted by atomic mass is 9.89. The number of guanidine groups is 1. The van der Waals surface area contributed by atoms with Gasteiger partial charge in [-0.25, -0.2) is 4.99 Å². The van der Waals surface area contributed by atoms with Gasteiger partial charge in [0, 0.05) is 25.8 Å². The highest BCUT2D eigenvalue weighted by molar-refractivity contribution is 5.79. The highest BCUT2D eigenvalue weighted by Crippen LogP contribution is 2.31. The number of aliphatic imine (C=N–C) groups is 1. The highest BCUT2D eigenvalue weighted by atomic mass is 16.5. The minimum Gasteiger partial charge on any atom is -0.493 e. The van der Waals surface area contributed by atoms with Crippen molar-refractivity contribution in [3.63, 3.8) is 0 Å². The summed E-state index contributed by atoms with van der Waals surface area (Å²) in [7, 11) is 5.01. The van der Waals surface area contributed by atoms with E-state index in [9.17, 15) is 0 Å². The van der Waals surface area contributed by atoms with Gasteiger partial charge in [0.1, 0.15) is 0 Å². The number of hydrogen-bond acceptors (Lipinski definition) is 4. The number of benzene rings is 1. The van der Waals surface area contributed by atoms with Crippen molar-refractivity contribution >= 4 is 5.96 Å². The molecule has 0 heterocycles. The summed E-state index contributed by atoms with van der Waals surface area (Å²) in [6, 6.07) is 5.80. The van der Waals surface area contributed by atoms with E-state index in [4.69, 9.17) is 14.2 Å². The van der Waals surface area contributed by atoms with Crippen molar-refractivity contribution in [2.75, 3.05) is 34.4 Å². The topological polar surface area (TPSA) is 64.1 Å². The zero-order valence-corrected chi connectivity index (χ0v) is 16.6. The second kappa shape index (κ2) is 10.1. The lowest BCUT2D eigenvalue weighted by molar-refractivity contribution is 0.0205. The van der Waals surface area contributed by atoms with E-state index in [-0.39, 0.29) is 11.5 Å². The number of nitrogens with zero attached hydrogens (tertiary/aromatic N) is 1. The van der Waals surface area contributed by atoms with Crippen LogP contribution in [-0.2, 0) is 11.3 Å². The van der Waals surface area contributed by atoms with Gasteiger partial charge in [-0.2, -0.15) is 0 Å².